The minimum absolute atomic E-state index is 0.123. The molecule has 2 aromatic carbocycles. The van der Waals surface area contributed by atoms with Crippen LogP contribution in [-0.4, -0.2) is 46.0 Å². The number of hydrogen-bond acceptors (Lipinski definition) is 5. The molecule has 0 N–H and O–H groups in total. The minimum atomic E-state index is -3.63. The molecule has 1 aliphatic heterocycles. The molecule has 130 valence electrons. The van der Waals surface area contributed by atoms with E-state index in [0.29, 0.717) is 31.9 Å². The van der Waals surface area contributed by atoms with E-state index in [0.717, 1.165) is 5.69 Å². The number of ether oxygens (including phenoxy) is 1. The van der Waals surface area contributed by atoms with Crippen LogP contribution < -0.4 is 9.64 Å². The number of nitriles is 1. The van der Waals surface area contributed by atoms with Crippen molar-refractivity contribution in [3.63, 3.8) is 0 Å². The molecule has 0 aliphatic carbocycles. The number of methoxy groups -OCH3 is 1. The summed E-state index contributed by atoms with van der Waals surface area (Å²) >= 11 is 0. The quantitative estimate of drug-likeness (QED) is 0.838. The van der Waals surface area contributed by atoms with Gasteiger partial charge in [-0.1, -0.05) is 18.2 Å². The standard InChI is InChI=1S/C18H19N3O3S/c1-24-18-8-7-17(13-15(18)14-19)25(22,23)21-11-9-20(10-12-21)16-5-3-2-4-6-16/h2-8,13H,9-12H2,1H3. The van der Waals surface area contributed by atoms with Crippen molar-refractivity contribution >= 4 is 15.7 Å². The molecule has 1 saturated heterocycles. The van der Waals surface area contributed by atoms with Crippen molar-refractivity contribution < 1.29 is 13.2 Å². The highest BCUT2D eigenvalue weighted by atomic mass is 32.2. The van der Waals surface area contributed by atoms with Gasteiger partial charge in [0.05, 0.1) is 17.6 Å². The van der Waals surface area contributed by atoms with E-state index in [2.05, 4.69) is 4.90 Å². The van der Waals surface area contributed by atoms with E-state index in [1.165, 1.54) is 29.6 Å². The van der Waals surface area contributed by atoms with Gasteiger partial charge in [-0.05, 0) is 30.3 Å². The average Bonchev–Trinajstić information content (AvgIpc) is 2.68. The van der Waals surface area contributed by atoms with Crippen LogP contribution in [-0.2, 0) is 10.0 Å². The van der Waals surface area contributed by atoms with Crippen LogP contribution >= 0.6 is 0 Å². The first-order chi connectivity index (χ1) is 12.1. The number of anilines is 1. The molecule has 25 heavy (non-hydrogen) atoms. The molecule has 0 spiro atoms. The highest BCUT2D eigenvalue weighted by Gasteiger charge is 2.29. The highest BCUT2D eigenvalue weighted by molar-refractivity contribution is 7.89. The summed E-state index contributed by atoms with van der Waals surface area (Å²) in [6.07, 6.45) is 0. The largest absolute Gasteiger partial charge is 0.495 e. The predicted molar refractivity (Wildman–Crippen MR) is 95.1 cm³/mol. The van der Waals surface area contributed by atoms with Crippen LogP contribution in [0.3, 0.4) is 0 Å². The molecule has 7 heteroatoms. The molecule has 1 heterocycles. The topological polar surface area (TPSA) is 73.6 Å². The van der Waals surface area contributed by atoms with E-state index in [9.17, 15) is 8.42 Å². The number of sulfonamides is 1. The summed E-state index contributed by atoms with van der Waals surface area (Å²) in [5.74, 6) is 0.371. The van der Waals surface area contributed by atoms with Crippen molar-refractivity contribution in [3.05, 3.63) is 54.1 Å². The maximum atomic E-state index is 12.9. The second-order valence-electron chi connectivity index (χ2n) is 5.70. The Morgan fingerprint density at radius 3 is 2.32 bits per heavy atom. The van der Waals surface area contributed by atoms with Gasteiger partial charge in [-0.15, -0.1) is 0 Å². The Morgan fingerprint density at radius 2 is 1.72 bits per heavy atom. The summed E-state index contributed by atoms with van der Waals surface area (Å²) in [4.78, 5) is 2.29. The van der Waals surface area contributed by atoms with Crippen molar-refractivity contribution in [3.8, 4) is 11.8 Å². The van der Waals surface area contributed by atoms with E-state index in [1.54, 1.807) is 0 Å². The number of rotatable bonds is 4. The molecule has 0 amide bonds. The van der Waals surface area contributed by atoms with Crippen molar-refractivity contribution in [1.29, 1.82) is 5.26 Å². The molecule has 0 bridgehead atoms. The summed E-state index contributed by atoms with van der Waals surface area (Å²) in [6, 6.07) is 16.3. The molecule has 0 aromatic heterocycles. The molecular weight excluding hydrogens is 338 g/mol. The van der Waals surface area contributed by atoms with Crippen LogP contribution in [0.4, 0.5) is 5.69 Å². The lowest BCUT2D eigenvalue weighted by atomic mass is 10.2. The third kappa shape index (κ3) is 3.45. The fourth-order valence-electron chi connectivity index (χ4n) is 2.91. The Bertz CT molecular complexity index is 884. The van der Waals surface area contributed by atoms with Gasteiger partial charge in [-0.2, -0.15) is 9.57 Å². The molecule has 0 unspecified atom stereocenters. The summed E-state index contributed by atoms with van der Waals surface area (Å²) in [5.41, 5.74) is 1.31. The Morgan fingerprint density at radius 1 is 1.04 bits per heavy atom. The zero-order valence-corrected chi connectivity index (χ0v) is 14.7. The summed E-state index contributed by atoms with van der Waals surface area (Å²) < 4.78 is 32.3. The van der Waals surface area contributed by atoms with Gasteiger partial charge in [-0.25, -0.2) is 8.42 Å². The lowest BCUT2D eigenvalue weighted by Gasteiger charge is -2.35. The molecule has 0 saturated carbocycles. The van der Waals surface area contributed by atoms with Gasteiger partial charge in [0, 0.05) is 31.9 Å². The van der Waals surface area contributed by atoms with Crippen LogP contribution in [0.25, 0.3) is 0 Å². The molecule has 0 radical (unpaired) electrons. The highest BCUT2D eigenvalue weighted by Crippen LogP contribution is 2.25. The van der Waals surface area contributed by atoms with Crippen LogP contribution in [0.15, 0.2) is 53.4 Å². The van der Waals surface area contributed by atoms with Crippen molar-refractivity contribution in [2.75, 3.05) is 38.2 Å². The third-order valence-corrected chi connectivity index (χ3v) is 6.18. The van der Waals surface area contributed by atoms with E-state index in [-0.39, 0.29) is 10.5 Å². The second-order valence-corrected chi connectivity index (χ2v) is 7.64. The van der Waals surface area contributed by atoms with Gasteiger partial charge in [0.25, 0.3) is 0 Å². The maximum Gasteiger partial charge on any atom is 0.243 e. The molecule has 2 aromatic rings. The van der Waals surface area contributed by atoms with Crippen molar-refractivity contribution in [2.24, 2.45) is 0 Å². The van der Waals surface area contributed by atoms with Gasteiger partial charge < -0.3 is 9.64 Å². The Balaban J connectivity index is 1.77. The fourth-order valence-corrected chi connectivity index (χ4v) is 4.36. The van der Waals surface area contributed by atoms with Gasteiger partial charge in [0.2, 0.25) is 10.0 Å². The van der Waals surface area contributed by atoms with Crippen LogP contribution in [0.5, 0.6) is 5.75 Å². The van der Waals surface area contributed by atoms with Gasteiger partial charge >= 0.3 is 0 Å². The number of benzene rings is 2. The lowest BCUT2D eigenvalue weighted by Crippen LogP contribution is -2.48. The predicted octanol–water partition coefficient (Wildman–Crippen LogP) is 2.08. The van der Waals surface area contributed by atoms with E-state index in [1.807, 2.05) is 36.4 Å². The van der Waals surface area contributed by atoms with Crippen molar-refractivity contribution in [2.45, 2.75) is 4.90 Å². The van der Waals surface area contributed by atoms with Crippen LogP contribution in [0, 0.1) is 11.3 Å². The van der Waals surface area contributed by atoms with Gasteiger partial charge in [0.1, 0.15) is 11.8 Å². The van der Waals surface area contributed by atoms with E-state index < -0.39 is 10.0 Å². The first-order valence-electron chi connectivity index (χ1n) is 7.94. The first-order valence-corrected chi connectivity index (χ1v) is 9.38. The Kier molecular flexibility index (Phi) is 4.93. The Hall–Kier alpha value is -2.56. The molecular formula is C18H19N3O3S. The smallest absolute Gasteiger partial charge is 0.243 e. The SMILES string of the molecule is COc1ccc(S(=O)(=O)N2CCN(c3ccccc3)CC2)cc1C#N. The summed E-state index contributed by atoms with van der Waals surface area (Å²) in [5, 5.41) is 9.17. The maximum absolute atomic E-state index is 12.9. The molecule has 3 rings (SSSR count). The normalized spacial score (nSPS) is 15.6. The van der Waals surface area contributed by atoms with Crippen LogP contribution in [0.2, 0.25) is 0 Å². The van der Waals surface area contributed by atoms with Crippen molar-refractivity contribution in [1.82, 2.24) is 4.31 Å². The summed E-state index contributed by atoms with van der Waals surface area (Å²) in [6.45, 7) is 2.07. The summed E-state index contributed by atoms with van der Waals surface area (Å²) in [7, 11) is -2.17. The number of para-hydroxylation sites is 1. The van der Waals surface area contributed by atoms with Gasteiger partial charge in [-0.3, -0.25) is 0 Å². The molecule has 1 fully saturated rings. The van der Waals surface area contributed by atoms with E-state index >= 15 is 0 Å². The first kappa shape index (κ1) is 17.3. The lowest BCUT2D eigenvalue weighted by molar-refractivity contribution is 0.384. The number of piperazine rings is 1. The molecule has 0 atom stereocenters. The van der Waals surface area contributed by atoms with Crippen LogP contribution in [0.1, 0.15) is 5.56 Å². The average molecular weight is 357 g/mol. The zero-order chi connectivity index (χ0) is 17.9. The number of nitrogens with zero attached hydrogens (tertiary/aromatic N) is 3. The molecule has 6 nitrogen and oxygen atoms in total. The second kappa shape index (κ2) is 7.13. The monoisotopic (exact) mass is 357 g/mol. The molecule has 1 aliphatic rings. The zero-order valence-electron chi connectivity index (χ0n) is 13.9. The fraction of sp³-hybridized carbons (Fsp3) is 0.278. The van der Waals surface area contributed by atoms with Gasteiger partial charge in [0.15, 0.2) is 0 Å². The van der Waals surface area contributed by atoms with E-state index in [4.69, 9.17) is 10.00 Å². The Labute approximate surface area is 147 Å². The minimum Gasteiger partial charge on any atom is -0.495 e. The third-order valence-electron chi connectivity index (χ3n) is 4.29. The number of hydrogen-bond donors (Lipinski definition) is 0.